The maximum absolute atomic E-state index is 6.88. The van der Waals surface area contributed by atoms with Gasteiger partial charge in [0, 0.05) is 38.0 Å². The zero-order valence-electron chi connectivity index (χ0n) is 34.2. The van der Waals surface area contributed by atoms with Crippen molar-refractivity contribution in [1.82, 2.24) is 9.13 Å². The molecule has 13 rings (SSSR count). The normalized spacial score (nSPS) is 11.8. The summed E-state index contributed by atoms with van der Waals surface area (Å²) in [4.78, 5) is 0. The Balaban J connectivity index is 0.936. The van der Waals surface area contributed by atoms with Crippen molar-refractivity contribution >= 4 is 65.6 Å². The number of fused-ring (bicyclic) bond motifs is 9. The highest BCUT2D eigenvalue weighted by atomic mass is 16.3. The summed E-state index contributed by atoms with van der Waals surface area (Å²) in [6.45, 7) is 0. The zero-order chi connectivity index (χ0) is 41.4. The van der Waals surface area contributed by atoms with Gasteiger partial charge < -0.3 is 13.6 Å². The van der Waals surface area contributed by atoms with Gasteiger partial charge in [0.15, 0.2) is 5.58 Å². The summed E-state index contributed by atoms with van der Waals surface area (Å²) in [6.07, 6.45) is 0. The van der Waals surface area contributed by atoms with Crippen LogP contribution in [-0.4, -0.2) is 9.13 Å². The molecule has 3 heterocycles. The maximum Gasteiger partial charge on any atom is 0.159 e. The molecule has 10 aromatic carbocycles. The number of furan rings is 1. The number of hydrogen-bond acceptors (Lipinski definition) is 1. The van der Waals surface area contributed by atoms with Gasteiger partial charge in [-0.2, -0.15) is 0 Å². The second-order valence-corrected chi connectivity index (χ2v) is 16.5. The first-order valence-electron chi connectivity index (χ1n) is 21.6. The third-order valence-electron chi connectivity index (χ3n) is 12.9. The van der Waals surface area contributed by atoms with Gasteiger partial charge >= 0.3 is 0 Å². The minimum Gasteiger partial charge on any atom is -0.454 e. The van der Waals surface area contributed by atoms with Gasteiger partial charge in [-0.25, -0.2) is 0 Å². The third kappa shape index (κ3) is 5.67. The average Bonchev–Trinajstić information content (AvgIpc) is 4.02. The molecule has 0 aliphatic heterocycles. The van der Waals surface area contributed by atoms with Gasteiger partial charge in [-0.15, -0.1) is 0 Å². The van der Waals surface area contributed by atoms with Gasteiger partial charge in [0.25, 0.3) is 0 Å². The van der Waals surface area contributed by atoms with Crippen LogP contribution in [0.2, 0.25) is 0 Å². The van der Waals surface area contributed by atoms with Gasteiger partial charge in [0.05, 0.1) is 27.8 Å². The van der Waals surface area contributed by atoms with Gasteiger partial charge in [-0.1, -0.05) is 158 Å². The van der Waals surface area contributed by atoms with Crippen LogP contribution in [0.25, 0.3) is 121 Å². The lowest BCUT2D eigenvalue weighted by molar-refractivity contribution is 0.666. The highest BCUT2D eigenvalue weighted by Crippen LogP contribution is 2.42. The molecule has 3 aromatic heterocycles. The molecule has 0 aliphatic carbocycles. The summed E-state index contributed by atoms with van der Waals surface area (Å²) in [5.74, 6) is 0. The topological polar surface area (TPSA) is 23.0 Å². The third-order valence-corrected chi connectivity index (χ3v) is 12.9. The molecule has 13 aromatic rings. The first kappa shape index (κ1) is 35.4. The largest absolute Gasteiger partial charge is 0.454 e. The molecule has 0 bridgehead atoms. The number of nitrogens with zero attached hydrogens (tertiary/aromatic N) is 2. The molecular weight excluding hydrogens is 765 g/mol. The quantitative estimate of drug-likeness (QED) is 0.164. The van der Waals surface area contributed by atoms with Crippen molar-refractivity contribution in [3.63, 3.8) is 0 Å². The van der Waals surface area contributed by atoms with E-state index in [4.69, 9.17) is 4.42 Å². The van der Waals surface area contributed by atoms with E-state index in [1.165, 1.54) is 77.1 Å². The summed E-state index contributed by atoms with van der Waals surface area (Å²) in [7, 11) is 0. The molecule has 0 aliphatic rings. The van der Waals surface area contributed by atoms with E-state index in [0.717, 1.165) is 44.3 Å². The van der Waals surface area contributed by atoms with Crippen LogP contribution in [0.1, 0.15) is 0 Å². The van der Waals surface area contributed by atoms with E-state index in [0.29, 0.717) is 0 Å². The molecule has 0 fully saturated rings. The first-order valence-corrected chi connectivity index (χ1v) is 21.6. The van der Waals surface area contributed by atoms with Crippen molar-refractivity contribution in [2.75, 3.05) is 0 Å². The number of hydrogen-bond donors (Lipinski definition) is 0. The lowest BCUT2D eigenvalue weighted by Gasteiger charge is -2.10. The first-order chi connectivity index (χ1) is 31.2. The molecule has 0 atom stereocenters. The SMILES string of the molecule is c1ccc(-c2cccc(-c3ccc4c(c3)c3ccccc3n4-c3ccc4oc5c(-n6c7ccccc7c7cc(-c8cccc(-c9ccccc9)c8)ccc76)cccc5c4c3)c2)cc1. The number of para-hydroxylation sites is 3. The fraction of sp³-hybridized carbons (Fsp3) is 0. The van der Waals surface area contributed by atoms with E-state index < -0.39 is 0 Å². The molecule has 63 heavy (non-hydrogen) atoms. The molecule has 294 valence electrons. The van der Waals surface area contributed by atoms with E-state index in [1.54, 1.807) is 0 Å². The highest BCUT2D eigenvalue weighted by Gasteiger charge is 2.20. The van der Waals surface area contributed by atoms with Gasteiger partial charge in [-0.3, -0.25) is 0 Å². The minimum absolute atomic E-state index is 0.865. The minimum atomic E-state index is 0.865. The van der Waals surface area contributed by atoms with Crippen molar-refractivity contribution in [3.8, 4) is 55.9 Å². The van der Waals surface area contributed by atoms with Gasteiger partial charge in [-0.05, 0) is 117 Å². The lowest BCUT2D eigenvalue weighted by atomic mass is 9.98. The van der Waals surface area contributed by atoms with E-state index in [2.05, 4.69) is 240 Å². The van der Waals surface area contributed by atoms with Gasteiger partial charge in [0.2, 0.25) is 0 Å². The molecular formula is C60H38N2O. The van der Waals surface area contributed by atoms with Crippen LogP contribution >= 0.6 is 0 Å². The molecule has 0 unspecified atom stereocenters. The van der Waals surface area contributed by atoms with Crippen molar-refractivity contribution in [2.24, 2.45) is 0 Å². The highest BCUT2D eigenvalue weighted by molar-refractivity contribution is 6.15. The molecule has 0 amide bonds. The summed E-state index contributed by atoms with van der Waals surface area (Å²) >= 11 is 0. The van der Waals surface area contributed by atoms with Crippen LogP contribution in [0.3, 0.4) is 0 Å². The van der Waals surface area contributed by atoms with Crippen molar-refractivity contribution < 1.29 is 4.42 Å². The predicted octanol–water partition coefficient (Wildman–Crippen LogP) is 16.4. The van der Waals surface area contributed by atoms with Crippen LogP contribution in [0.4, 0.5) is 0 Å². The Labute approximate surface area is 363 Å². The second-order valence-electron chi connectivity index (χ2n) is 16.5. The zero-order valence-corrected chi connectivity index (χ0v) is 34.2. The average molecular weight is 803 g/mol. The Kier molecular flexibility index (Phi) is 7.91. The Hall–Kier alpha value is -8.40. The Morgan fingerprint density at radius 2 is 0.698 bits per heavy atom. The van der Waals surface area contributed by atoms with Gasteiger partial charge in [0.1, 0.15) is 5.58 Å². The monoisotopic (exact) mass is 802 g/mol. The summed E-state index contributed by atoms with van der Waals surface area (Å²) < 4.78 is 11.7. The van der Waals surface area contributed by atoms with E-state index in [9.17, 15) is 0 Å². The smallest absolute Gasteiger partial charge is 0.159 e. The molecule has 3 nitrogen and oxygen atoms in total. The molecule has 0 saturated heterocycles. The fourth-order valence-electron chi connectivity index (χ4n) is 9.95. The summed E-state index contributed by atoms with van der Waals surface area (Å²) in [5.41, 5.74) is 18.1. The predicted molar refractivity (Wildman–Crippen MR) is 264 cm³/mol. The fourth-order valence-corrected chi connectivity index (χ4v) is 9.95. The summed E-state index contributed by atoms with van der Waals surface area (Å²) in [6, 6.07) is 83.3. The van der Waals surface area contributed by atoms with Crippen molar-refractivity contribution in [1.29, 1.82) is 0 Å². The molecule has 3 heteroatoms. The molecule has 0 radical (unpaired) electrons. The van der Waals surface area contributed by atoms with Crippen LogP contribution in [0.5, 0.6) is 0 Å². The van der Waals surface area contributed by atoms with E-state index >= 15 is 0 Å². The lowest BCUT2D eigenvalue weighted by Crippen LogP contribution is -1.94. The van der Waals surface area contributed by atoms with E-state index in [-0.39, 0.29) is 0 Å². The molecule has 0 saturated carbocycles. The number of benzene rings is 10. The van der Waals surface area contributed by atoms with Crippen LogP contribution < -0.4 is 0 Å². The Morgan fingerprint density at radius 1 is 0.254 bits per heavy atom. The van der Waals surface area contributed by atoms with Crippen LogP contribution in [-0.2, 0) is 0 Å². The van der Waals surface area contributed by atoms with Crippen LogP contribution in [0.15, 0.2) is 235 Å². The standard InChI is InChI=1S/C60H38N2O/c1-3-14-39(15-4-1)41-18-11-20-43(34-41)45-28-31-56-51(36-45)48-22-7-9-25-54(48)61(56)47-30-33-59-53(38-47)50-24-13-27-58(60(50)63-59)62-55-26-10-8-23-49(55)52-37-46(29-32-57(52)62)44-21-12-19-42(35-44)40-16-5-2-6-17-40/h1-38H. The Bertz CT molecular complexity index is 3900. The number of aromatic nitrogens is 2. The summed E-state index contributed by atoms with van der Waals surface area (Å²) in [5, 5.41) is 7.05. The number of rotatable bonds is 6. The Morgan fingerprint density at radius 3 is 1.30 bits per heavy atom. The van der Waals surface area contributed by atoms with E-state index in [1.807, 2.05) is 0 Å². The second kappa shape index (κ2) is 14.1. The maximum atomic E-state index is 6.88. The van der Waals surface area contributed by atoms with Crippen LogP contribution in [0, 0.1) is 0 Å². The van der Waals surface area contributed by atoms with Crippen molar-refractivity contribution in [3.05, 3.63) is 231 Å². The molecule has 0 spiro atoms. The van der Waals surface area contributed by atoms with Crippen molar-refractivity contribution in [2.45, 2.75) is 0 Å². The molecule has 0 N–H and O–H groups in total.